The number of β-amino-alcohol motifs (C(OH)–C–C–N with tert-alkyl or cyclic N) is 1. The molecule has 0 bridgehead atoms. The molecule has 0 saturated carbocycles. The number of aliphatic hydroxyl groups is 1. The molecule has 2 aromatic rings. The van der Waals surface area contributed by atoms with Crippen molar-refractivity contribution < 1.29 is 23.8 Å². The summed E-state index contributed by atoms with van der Waals surface area (Å²) in [5, 5.41) is 14.0. The molecule has 1 amide bonds. The second-order valence-corrected chi connectivity index (χ2v) is 7.73. The summed E-state index contributed by atoms with van der Waals surface area (Å²) >= 11 is 6.08. The average molecular weight is 423 g/mol. The van der Waals surface area contributed by atoms with E-state index in [-0.39, 0.29) is 19.0 Å². The Morgan fingerprint density at radius 3 is 2.83 bits per heavy atom. The van der Waals surface area contributed by atoms with Gasteiger partial charge in [0.15, 0.2) is 0 Å². The second-order valence-electron chi connectivity index (χ2n) is 7.32. The number of nitrogens with one attached hydrogen (secondary N) is 1. The molecule has 1 aliphatic heterocycles. The number of amides is 1. The van der Waals surface area contributed by atoms with Crippen LogP contribution in [0.4, 0.5) is 10.1 Å². The first kappa shape index (κ1) is 21.4. The SMILES string of the molecule is COc1ccc(NC(=O)CN2CC[C@H](Oc3cccc(F)c3)[C@@](C)(O)C2)cc1Cl. The number of nitrogens with zero attached hydrogens (tertiary/aromatic N) is 1. The Hall–Kier alpha value is -2.35. The van der Waals surface area contributed by atoms with Gasteiger partial charge in [-0.3, -0.25) is 9.69 Å². The molecule has 2 atom stereocenters. The van der Waals surface area contributed by atoms with E-state index in [1.807, 2.05) is 4.90 Å². The topological polar surface area (TPSA) is 71.0 Å². The number of ether oxygens (including phenoxy) is 2. The van der Waals surface area contributed by atoms with Gasteiger partial charge in [-0.25, -0.2) is 4.39 Å². The Morgan fingerprint density at radius 2 is 2.17 bits per heavy atom. The Labute approximate surface area is 174 Å². The van der Waals surface area contributed by atoms with Gasteiger partial charge in [-0.2, -0.15) is 0 Å². The van der Waals surface area contributed by atoms with Crippen LogP contribution in [0.5, 0.6) is 11.5 Å². The van der Waals surface area contributed by atoms with Gasteiger partial charge in [0.05, 0.1) is 18.7 Å². The zero-order valence-electron chi connectivity index (χ0n) is 16.3. The molecular formula is C21H24ClFN2O4. The van der Waals surface area contributed by atoms with Gasteiger partial charge < -0.3 is 19.9 Å². The van der Waals surface area contributed by atoms with Crippen molar-refractivity contribution in [3.05, 3.63) is 53.3 Å². The molecule has 0 spiro atoms. The van der Waals surface area contributed by atoms with E-state index >= 15 is 0 Å². The maximum Gasteiger partial charge on any atom is 0.238 e. The van der Waals surface area contributed by atoms with Gasteiger partial charge in [-0.15, -0.1) is 0 Å². The number of anilines is 1. The highest BCUT2D eigenvalue weighted by atomic mass is 35.5. The molecule has 1 aliphatic rings. The van der Waals surface area contributed by atoms with Crippen LogP contribution < -0.4 is 14.8 Å². The van der Waals surface area contributed by atoms with Crippen molar-refractivity contribution >= 4 is 23.2 Å². The molecule has 1 heterocycles. The molecule has 156 valence electrons. The fourth-order valence-electron chi connectivity index (χ4n) is 3.42. The van der Waals surface area contributed by atoms with Gasteiger partial charge in [0.1, 0.15) is 29.0 Å². The molecule has 2 N–H and O–H groups in total. The summed E-state index contributed by atoms with van der Waals surface area (Å²) in [6.07, 6.45) is 0.00883. The molecule has 3 rings (SSSR count). The van der Waals surface area contributed by atoms with E-state index in [1.165, 1.54) is 19.2 Å². The standard InChI is InChI=1S/C21H24ClFN2O4/c1-21(27)13-25(9-8-19(21)29-16-5-3-4-14(23)10-16)12-20(26)24-15-6-7-18(28-2)17(22)11-15/h3-7,10-11,19,27H,8-9,12-13H2,1-2H3,(H,24,26)/t19-,21-/m0/s1. The van der Waals surface area contributed by atoms with Crippen molar-refractivity contribution in [2.45, 2.75) is 25.0 Å². The Morgan fingerprint density at radius 1 is 1.38 bits per heavy atom. The third kappa shape index (κ3) is 5.59. The van der Waals surface area contributed by atoms with E-state index < -0.39 is 17.5 Å². The minimum atomic E-state index is -1.19. The first-order valence-corrected chi connectivity index (χ1v) is 9.65. The summed E-state index contributed by atoms with van der Waals surface area (Å²) in [7, 11) is 1.52. The normalized spacial score (nSPS) is 22.2. The van der Waals surface area contributed by atoms with Crippen LogP contribution in [0.25, 0.3) is 0 Å². The Kier molecular flexibility index (Phi) is 6.62. The van der Waals surface area contributed by atoms with Crippen LogP contribution in [0.2, 0.25) is 5.02 Å². The highest BCUT2D eigenvalue weighted by molar-refractivity contribution is 6.32. The monoisotopic (exact) mass is 422 g/mol. The molecule has 0 aromatic heterocycles. The lowest BCUT2D eigenvalue weighted by atomic mass is 9.91. The minimum absolute atomic E-state index is 0.118. The summed E-state index contributed by atoms with van der Waals surface area (Å²) < 4.78 is 24.2. The lowest BCUT2D eigenvalue weighted by Crippen LogP contribution is -2.58. The van der Waals surface area contributed by atoms with E-state index in [1.54, 1.807) is 37.3 Å². The first-order chi connectivity index (χ1) is 13.8. The van der Waals surface area contributed by atoms with Gasteiger partial charge in [-0.1, -0.05) is 17.7 Å². The molecule has 0 aliphatic carbocycles. The molecule has 8 heteroatoms. The lowest BCUT2D eigenvalue weighted by molar-refractivity contribution is -0.123. The number of methoxy groups -OCH3 is 1. The largest absolute Gasteiger partial charge is 0.495 e. The van der Waals surface area contributed by atoms with E-state index in [0.29, 0.717) is 35.2 Å². The van der Waals surface area contributed by atoms with Gasteiger partial charge in [-0.05, 0) is 43.7 Å². The maximum atomic E-state index is 13.4. The van der Waals surface area contributed by atoms with E-state index in [4.69, 9.17) is 21.1 Å². The summed E-state index contributed by atoms with van der Waals surface area (Å²) in [6, 6.07) is 10.8. The lowest BCUT2D eigenvalue weighted by Gasteiger charge is -2.42. The van der Waals surface area contributed by atoms with Gasteiger partial charge in [0.2, 0.25) is 5.91 Å². The minimum Gasteiger partial charge on any atom is -0.495 e. The molecule has 0 unspecified atom stereocenters. The maximum absolute atomic E-state index is 13.4. The van der Waals surface area contributed by atoms with Crippen molar-refractivity contribution in [3.8, 4) is 11.5 Å². The van der Waals surface area contributed by atoms with Crippen LogP contribution in [-0.2, 0) is 4.79 Å². The second kappa shape index (κ2) is 8.98. The van der Waals surface area contributed by atoms with E-state index in [2.05, 4.69) is 5.32 Å². The Bertz CT molecular complexity index is 878. The number of hydrogen-bond acceptors (Lipinski definition) is 5. The quantitative estimate of drug-likeness (QED) is 0.747. The highest BCUT2D eigenvalue weighted by Gasteiger charge is 2.40. The Balaban J connectivity index is 1.55. The average Bonchev–Trinajstić information content (AvgIpc) is 2.64. The number of rotatable bonds is 6. The van der Waals surface area contributed by atoms with Crippen molar-refractivity contribution in [2.24, 2.45) is 0 Å². The van der Waals surface area contributed by atoms with Crippen LogP contribution in [0.1, 0.15) is 13.3 Å². The molecular weight excluding hydrogens is 399 g/mol. The molecule has 29 heavy (non-hydrogen) atoms. The highest BCUT2D eigenvalue weighted by Crippen LogP contribution is 2.28. The fraction of sp³-hybridized carbons (Fsp3) is 0.381. The predicted octanol–water partition coefficient (Wildman–Crippen LogP) is 3.33. The number of benzene rings is 2. The summed E-state index contributed by atoms with van der Waals surface area (Å²) in [6.45, 7) is 2.59. The smallest absolute Gasteiger partial charge is 0.238 e. The summed E-state index contributed by atoms with van der Waals surface area (Å²) in [4.78, 5) is 14.2. The van der Waals surface area contributed by atoms with Gasteiger partial charge in [0, 0.05) is 24.8 Å². The first-order valence-electron chi connectivity index (χ1n) is 9.27. The van der Waals surface area contributed by atoms with Crippen LogP contribution in [0.15, 0.2) is 42.5 Å². The van der Waals surface area contributed by atoms with Crippen molar-refractivity contribution in [1.82, 2.24) is 4.90 Å². The summed E-state index contributed by atoms with van der Waals surface area (Å²) in [5.41, 5.74) is -0.620. The van der Waals surface area contributed by atoms with Crippen LogP contribution in [0.3, 0.4) is 0 Å². The van der Waals surface area contributed by atoms with E-state index in [0.717, 1.165) is 0 Å². The van der Waals surface area contributed by atoms with Crippen LogP contribution >= 0.6 is 11.6 Å². The van der Waals surface area contributed by atoms with Crippen molar-refractivity contribution in [1.29, 1.82) is 0 Å². The number of likely N-dealkylation sites (tertiary alicyclic amines) is 1. The number of carbonyl (C=O) groups excluding carboxylic acids is 1. The number of piperidine rings is 1. The molecule has 2 aromatic carbocycles. The van der Waals surface area contributed by atoms with Gasteiger partial charge in [0.25, 0.3) is 0 Å². The number of hydrogen-bond donors (Lipinski definition) is 2. The number of carbonyl (C=O) groups is 1. The zero-order valence-corrected chi connectivity index (χ0v) is 17.1. The third-order valence-electron chi connectivity index (χ3n) is 4.82. The van der Waals surface area contributed by atoms with Crippen molar-refractivity contribution in [2.75, 3.05) is 32.1 Å². The zero-order chi connectivity index (χ0) is 21.0. The molecule has 1 saturated heterocycles. The predicted molar refractivity (Wildman–Crippen MR) is 109 cm³/mol. The number of halogens is 2. The van der Waals surface area contributed by atoms with Crippen LogP contribution in [0, 0.1) is 5.82 Å². The van der Waals surface area contributed by atoms with Crippen molar-refractivity contribution in [3.63, 3.8) is 0 Å². The van der Waals surface area contributed by atoms with E-state index in [9.17, 15) is 14.3 Å². The van der Waals surface area contributed by atoms with Crippen LogP contribution in [-0.4, -0.2) is 54.4 Å². The molecule has 1 fully saturated rings. The molecule has 0 radical (unpaired) electrons. The molecule has 6 nitrogen and oxygen atoms in total. The van der Waals surface area contributed by atoms with Gasteiger partial charge >= 0.3 is 0 Å². The fourth-order valence-corrected chi connectivity index (χ4v) is 3.68. The summed E-state index contributed by atoms with van der Waals surface area (Å²) in [5.74, 6) is 0.292. The third-order valence-corrected chi connectivity index (χ3v) is 5.12.